The molecule has 3 rings (SSSR count). The van der Waals surface area contributed by atoms with Crippen LogP contribution in [0.2, 0.25) is 5.02 Å². The van der Waals surface area contributed by atoms with Crippen molar-refractivity contribution in [2.24, 2.45) is 0 Å². The summed E-state index contributed by atoms with van der Waals surface area (Å²) in [6.07, 6.45) is 0. The van der Waals surface area contributed by atoms with Gasteiger partial charge in [-0.15, -0.1) is 0 Å². The van der Waals surface area contributed by atoms with E-state index >= 15 is 0 Å². The number of nitrogens with one attached hydrogen (secondary N) is 2. The van der Waals surface area contributed by atoms with Gasteiger partial charge in [0.1, 0.15) is 11.8 Å². The van der Waals surface area contributed by atoms with Crippen molar-refractivity contribution in [3.63, 3.8) is 0 Å². The summed E-state index contributed by atoms with van der Waals surface area (Å²) in [5.74, 6) is 0. The first-order valence-electron chi connectivity index (χ1n) is 7.78. The topological polar surface area (TPSA) is 94.9 Å². The Morgan fingerprint density at radius 3 is 2.65 bits per heavy atom. The lowest BCUT2D eigenvalue weighted by Crippen LogP contribution is -2.29. The summed E-state index contributed by atoms with van der Waals surface area (Å²) in [4.78, 5) is 4.36. The molecule has 0 bridgehead atoms. The van der Waals surface area contributed by atoms with Gasteiger partial charge in [-0.3, -0.25) is 0 Å². The standard InChI is InChI=1S/C18H15ClN4O2S/c19-13-4-3-5-15(10-13)26(24,25)22-9-8-21-18-11-14(12-20)23-17-7-2-1-6-16(17)18/h1-7,10-11,22H,8-9H2,(H,21,23). The van der Waals surface area contributed by atoms with Gasteiger partial charge in [0, 0.05) is 29.2 Å². The van der Waals surface area contributed by atoms with E-state index in [4.69, 9.17) is 16.9 Å². The third-order valence-electron chi connectivity index (χ3n) is 3.67. The number of para-hydroxylation sites is 1. The number of nitrogens with zero attached hydrogens (tertiary/aromatic N) is 2. The monoisotopic (exact) mass is 386 g/mol. The van der Waals surface area contributed by atoms with E-state index in [2.05, 4.69) is 15.0 Å². The first-order valence-corrected chi connectivity index (χ1v) is 9.65. The first kappa shape index (κ1) is 18.1. The lowest BCUT2D eigenvalue weighted by atomic mass is 10.1. The van der Waals surface area contributed by atoms with Crippen molar-refractivity contribution in [2.75, 3.05) is 18.4 Å². The van der Waals surface area contributed by atoms with Crippen LogP contribution in [0, 0.1) is 11.3 Å². The minimum atomic E-state index is -3.63. The molecule has 6 nitrogen and oxygen atoms in total. The summed E-state index contributed by atoms with van der Waals surface area (Å²) in [7, 11) is -3.63. The summed E-state index contributed by atoms with van der Waals surface area (Å²) in [5.41, 5.74) is 1.73. The molecule has 0 aliphatic heterocycles. The molecule has 0 aliphatic carbocycles. The quantitative estimate of drug-likeness (QED) is 0.634. The van der Waals surface area contributed by atoms with E-state index in [1.54, 1.807) is 18.2 Å². The average Bonchev–Trinajstić information content (AvgIpc) is 2.65. The summed E-state index contributed by atoms with van der Waals surface area (Å²) >= 11 is 5.84. The van der Waals surface area contributed by atoms with Crippen LogP contribution >= 0.6 is 11.6 Å². The maximum Gasteiger partial charge on any atom is 0.240 e. The molecule has 0 spiro atoms. The van der Waals surface area contributed by atoms with Crippen molar-refractivity contribution in [1.29, 1.82) is 5.26 Å². The third kappa shape index (κ3) is 4.11. The van der Waals surface area contributed by atoms with Crippen LogP contribution in [0.3, 0.4) is 0 Å². The highest BCUT2D eigenvalue weighted by atomic mass is 35.5. The van der Waals surface area contributed by atoms with Crippen molar-refractivity contribution in [3.05, 3.63) is 65.3 Å². The van der Waals surface area contributed by atoms with E-state index in [1.165, 1.54) is 12.1 Å². The van der Waals surface area contributed by atoms with Gasteiger partial charge in [0.2, 0.25) is 10.0 Å². The Labute approximate surface area is 156 Å². The smallest absolute Gasteiger partial charge is 0.240 e. The molecular formula is C18H15ClN4O2S. The molecular weight excluding hydrogens is 372 g/mol. The molecule has 8 heteroatoms. The molecule has 0 radical (unpaired) electrons. The predicted molar refractivity (Wildman–Crippen MR) is 102 cm³/mol. The van der Waals surface area contributed by atoms with E-state index in [1.807, 2.05) is 30.3 Å². The zero-order chi connectivity index (χ0) is 18.6. The van der Waals surface area contributed by atoms with Crippen LogP contribution in [0.1, 0.15) is 5.69 Å². The molecule has 0 fully saturated rings. The molecule has 0 atom stereocenters. The van der Waals surface area contributed by atoms with Crippen LogP contribution < -0.4 is 10.0 Å². The number of halogens is 1. The Morgan fingerprint density at radius 1 is 1.08 bits per heavy atom. The van der Waals surface area contributed by atoms with Crippen LogP contribution in [-0.4, -0.2) is 26.5 Å². The number of sulfonamides is 1. The second kappa shape index (κ2) is 7.70. The van der Waals surface area contributed by atoms with E-state index in [0.717, 1.165) is 11.1 Å². The molecule has 26 heavy (non-hydrogen) atoms. The number of anilines is 1. The Hall–Kier alpha value is -2.66. The molecule has 0 saturated heterocycles. The van der Waals surface area contributed by atoms with Crippen molar-refractivity contribution in [2.45, 2.75) is 4.90 Å². The molecule has 3 aromatic rings. The van der Waals surface area contributed by atoms with E-state index < -0.39 is 10.0 Å². The van der Waals surface area contributed by atoms with Crippen molar-refractivity contribution in [1.82, 2.24) is 9.71 Å². The van der Waals surface area contributed by atoms with Crippen LogP contribution in [0.15, 0.2) is 59.5 Å². The maximum atomic E-state index is 12.3. The fourth-order valence-corrected chi connectivity index (χ4v) is 3.81. The molecule has 1 aromatic heterocycles. The molecule has 2 N–H and O–H groups in total. The number of pyridine rings is 1. The van der Waals surface area contributed by atoms with Gasteiger partial charge < -0.3 is 5.32 Å². The molecule has 0 aliphatic rings. The molecule has 1 heterocycles. The van der Waals surface area contributed by atoms with Gasteiger partial charge in [-0.2, -0.15) is 5.26 Å². The summed E-state index contributed by atoms with van der Waals surface area (Å²) in [6.45, 7) is 0.520. The predicted octanol–water partition coefficient (Wildman–Crippen LogP) is 3.15. The number of rotatable bonds is 6. The van der Waals surface area contributed by atoms with Crippen molar-refractivity contribution >= 4 is 38.2 Å². The van der Waals surface area contributed by atoms with Gasteiger partial charge in [-0.1, -0.05) is 35.9 Å². The second-order valence-corrected chi connectivity index (χ2v) is 7.67. The van der Waals surface area contributed by atoms with Crippen LogP contribution in [0.4, 0.5) is 5.69 Å². The zero-order valence-electron chi connectivity index (χ0n) is 13.6. The largest absolute Gasteiger partial charge is 0.383 e. The molecule has 132 valence electrons. The number of fused-ring (bicyclic) bond motifs is 1. The lowest BCUT2D eigenvalue weighted by molar-refractivity contribution is 0.583. The van der Waals surface area contributed by atoms with Gasteiger partial charge in [-0.25, -0.2) is 18.1 Å². The Bertz CT molecular complexity index is 1090. The Morgan fingerprint density at radius 2 is 1.88 bits per heavy atom. The molecule has 0 unspecified atom stereocenters. The van der Waals surface area contributed by atoms with E-state index in [-0.39, 0.29) is 11.4 Å². The summed E-state index contributed by atoms with van der Waals surface area (Å²) in [6, 6.07) is 17.2. The van der Waals surface area contributed by atoms with Gasteiger partial charge in [0.15, 0.2) is 0 Å². The first-order chi connectivity index (χ1) is 12.5. The summed E-state index contributed by atoms with van der Waals surface area (Å²) < 4.78 is 27.0. The molecule has 2 aromatic carbocycles. The molecule has 0 saturated carbocycles. The number of nitriles is 1. The number of benzene rings is 2. The number of hydrogen-bond acceptors (Lipinski definition) is 5. The van der Waals surface area contributed by atoms with Gasteiger partial charge in [-0.05, 0) is 30.3 Å². The van der Waals surface area contributed by atoms with E-state index in [0.29, 0.717) is 22.8 Å². The second-order valence-electron chi connectivity index (χ2n) is 5.47. The normalized spacial score (nSPS) is 11.2. The van der Waals surface area contributed by atoms with Gasteiger partial charge in [0.05, 0.1) is 10.4 Å². The maximum absolute atomic E-state index is 12.3. The highest BCUT2D eigenvalue weighted by Crippen LogP contribution is 2.22. The van der Waals surface area contributed by atoms with Gasteiger partial charge >= 0.3 is 0 Å². The van der Waals surface area contributed by atoms with E-state index in [9.17, 15) is 8.42 Å². The highest BCUT2D eigenvalue weighted by molar-refractivity contribution is 7.89. The van der Waals surface area contributed by atoms with Crippen LogP contribution in [0.5, 0.6) is 0 Å². The fourth-order valence-electron chi connectivity index (χ4n) is 2.48. The fraction of sp³-hybridized carbons (Fsp3) is 0.111. The Balaban J connectivity index is 1.69. The summed E-state index contributed by atoms with van der Waals surface area (Å²) in [5, 5.41) is 13.5. The van der Waals surface area contributed by atoms with Crippen LogP contribution in [-0.2, 0) is 10.0 Å². The minimum Gasteiger partial charge on any atom is -0.383 e. The average molecular weight is 387 g/mol. The lowest BCUT2D eigenvalue weighted by Gasteiger charge is -2.11. The molecule has 0 amide bonds. The van der Waals surface area contributed by atoms with Crippen molar-refractivity contribution < 1.29 is 8.42 Å². The SMILES string of the molecule is N#Cc1cc(NCCNS(=O)(=O)c2cccc(Cl)c2)c2ccccc2n1. The minimum absolute atomic E-state index is 0.117. The highest BCUT2D eigenvalue weighted by Gasteiger charge is 2.13. The van der Waals surface area contributed by atoms with Crippen LogP contribution in [0.25, 0.3) is 10.9 Å². The van der Waals surface area contributed by atoms with Gasteiger partial charge in [0.25, 0.3) is 0 Å². The Kier molecular flexibility index (Phi) is 5.38. The van der Waals surface area contributed by atoms with Crippen molar-refractivity contribution in [3.8, 4) is 6.07 Å². The number of aromatic nitrogens is 1. The number of hydrogen-bond donors (Lipinski definition) is 2. The third-order valence-corrected chi connectivity index (χ3v) is 5.36. The zero-order valence-corrected chi connectivity index (χ0v) is 15.2.